The minimum atomic E-state index is -0.978. The third-order valence-corrected chi connectivity index (χ3v) is 3.60. The van der Waals surface area contributed by atoms with E-state index in [1.807, 2.05) is 24.3 Å². The van der Waals surface area contributed by atoms with Gasteiger partial charge < -0.3 is 15.5 Å². The molecule has 1 aliphatic rings. The lowest BCUT2D eigenvalue weighted by atomic mass is 9.86. The highest BCUT2D eigenvalue weighted by Crippen LogP contribution is 2.31. The summed E-state index contributed by atoms with van der Waals surface area (Å²) in [5, 5.41) is 22.3. The van der Waals surface area contributed by atoms with Crippen LogP contribution in [0.2, 0.25) is 0 Å². The number of hydrogen-bond acceptors (Lipinski definition) is 3. The van der Waals surface area contributed by atoms with Gasteiger partial charge in [0.25, 0.3) is 5.91 Å². The number of rotatable bonds is 2. The Balaban J connectivity index is 2.32. The van der Waals surface area contributed by atoms with Crippen molar-refractivity contribution in [1.29, 1.82) is 0 Å². The number of hydrogen-bond donors (Lipinski definition) is 3. The van der Waals surface area contributed by atoms with Crippen molar-refractivity contribution in [2.45, 2.75) is 45.3 Å². The molecule has 2 unspecified atom stereocenters. The molecule has 0 aliphatic carbocycles. The monoisotopic (exact) mass is 275 g/mol. The molecule has 1 aliphatic heterocycles. The van der Waals surface area contributed by atoms with Crippen molar-refractivity contribution in [1.82, 2.24) is 5.32 Å². The molecular weight excluding hydrogens is 254 g/mol. The number of carbonyl (C=O) groups is 1. The summed E-state index contributed by atoms with van der Waals surface area (Å²) >= 11 is 0. The largest absolute Gasteiger partial charge is 0.509 e. The summed E-state index contributed by atoms with van der Waals surface area (Å²) in [6, 6.07) is 7.21. The molecule has 1 heterocycles. The van der Waals surface area contributed by atoms with Crippen LogP contribution in [0.15, 0.2) is 35.6 Å². The predicted octanol–water partition coefficient (Wildman–Crippen LogP) is 2.35. The Morgan fingerprint density at radius 1 is 1.20 bits per heavy atom. The van der Waals surface area contributed by atoms with E-state index >= 15 is 0 Å². The van der Waals surface area contributed by atoms with Crippen molar-refractivity contribution in [3.8, 4) is 0 Å². The van der Waals surface area contributed by atoms with Gasteiger partial charge in [-0.3, -0.25) is 4.79 Å². The van der Waals surface area contributed by atoms with Crippen LogP contribution < -0.4 is 5.32 Å². The van der Waals surface area contributed by atoms with Crippen LogP contribution in [-0.2, 0) is 10.2 Å². The van der Waals surface area contributed by atoms with Gasteiger partial charge in [-0.25, -0.2) is 0 Å². The standard InChI is InChI=1S/C16H21NO3/c1-9(18)12-14(19)13(17-15(12)20)10-5-7-11(8-6-10)16(2,3)4/h5-9,13,18-19H,1-4H3,(H,17,20). The van der Waals surface area contributed by atoms with E-state index in [0.29, 0.717) is 0 Å². The normalized spacial score (nSPS) is 21.1. The molecule has 0 fully saturated rings. The number of amides is 1. The van der Waals surface area contributed by atoms with Crippen LogP contribution >= 0.6 is 0 Å². The quantitative estimate of drug-likeness (QED) is 0.776. The second-order valence-corrected chi connectivity index (χ2v) is 6.25. The van der Waals surface area contributed by atoms with Gasteiger partial charge in [0.1, 0.15) is 11.8 Å². The first-order valence-electron chi connectivity index (χ1n) is 6.74. The van der Waals surface area contributed by atoms with Gasteiger partial charge >= 0.3 is 0 Å². The first-order chi connectivity index (χ1) is 9.21. The van der Waals surface area contributed by atoms with Crippen LogP contribution in [0.5, 0.6) is 0 Å². The van der Waals surface area contributed by atoms with Crippen LogP contribution in [0.1, 0.15) is 44.9 Å². The molecule has 0 aromatic heterocycles. The van der Waals surface area contributed by atoms with Crippen LogP contribution in [0, 0.1) is 0 Å². The van der Waals surface area contributed by atoms with E-state index in [-0.39, 0.29) is 16.7 Å². The molecule has 2 atom stereocenters. The fourth-order valence-corrected chi connectivity index (χ4v) is 2.37. The number of aliphatic hydroxyl groups excluding tert-OH is 2. The molecule has 0 saturated carbocycles. The number of aliphatic hydroxyl groups is 2. The van der Waals surface area contributed by atoms with Gasteiger partial charge in [0.2, 0.25) is 0 Å². The molecule has 2 rings (SSSR count). The van der Waals surface area contributed by atoms with Gasteiger partial charge in [-0.15, -0.1) is 0 Å². The van der Waals surface area contributed by atoms with Crippen LogP contribution in [0.25, 0.3) is 0 Å². The second kappa shape index (κ2) is 4.94. The average molecular weight is 275 g/mol. The molecule has 3 N–H and O–H groups in total. The number of carbonyl (C=O) groups excluding carboxylic acids is 1. The summed E-state index contributed by atoms with van der Waals surface area (Å²) in [6.45, 7) is 7.85. The Bertz CT molecular complexity index is 550. The van der Waals surface area contributed by atoms with E-state index in [1.165, 1.54) is 12.5 Å². The lowest BCUT2D eigenvalue weighted by Gasteiger charge is -2.20. The summed E-state index contributed by atoms with van der Waals surface area (Å²) in [4.78, 5) is 11.7. The highest BCUT2D eigenvalue weighted by molar-refractivity contribution is 5.98. The highest BCUT2D eigenvalue weighted by Gasteiger charge is 2.34. The Kier molecular flexibility index (Phi) is 3.61. The number of nitrogens with one attached hydrogen (secondary N) is 1. The molecule has 0 bridgehead atoms. The van der Waals surface area contributed by atoms with Gasteiger partial charge in [0.15, 0.2) is 0 Å². The van der Waals surface area contributed by atoms with Gasteiger partial charge in [0, 0.05) is 0 Å². The van der Waals surface area contributed by atoms with Gasteiger partial charge in [-0.05, 0) is 23.5 Å². The third kappa shape index (κ3) is 2.56. The maximum atomic E-state index is 11.7. The van der Waals surface area contributed by atoms with Gasteiger partial charge in [0.05, 0.1) is 11.7 Å². The van der Waals surface area contributed by atoms with E-state index in [0.717, 1.165) is 5.56 Å². The first kappa shape index (κ1) is 14.6. The van der Waals surface area contributed by atoms with E-state index in [2.05, 4.69) is 26.1 Å². The zero-order valence-corrected chi connectivity index (χ0v) is 12.3. The Labute approximate surface area is 119 Å². The highest BCUT2D eigenvalue weighted by atomic mass is 16.3. The summed E-state index contributed by atoms with van der Waals surface area (Å²) in [5.74, 6) is -0.504. The van der Waals surface area contributed by atoms with Gasteiger partial charge in [-0.1, -0.05) is 45.0 Å². The Hall–Kier alpha value is -1.81. The topological polar surface area (TPSA) is 69.6 Å². The molecular formula is C16H21NO3. The minimum Gasteiger partial charge on any atom is -0.509 e. The second-order valence-electron chi connectivity index (χ2n) is 6.25. The smallest absolute Gasteiger partial charge is 0.254 e. The van der Waals surface area contributed by atoms with Crippen molar-refractivity contribution < 1.29 is 15.0 Å². The molecule has 0 saturated heterocycles. The summed E-state index contributed by atoms with van der Waals surface area (Å²) in [6.07, 6.45) is -0.978. The van der Waals surface area contributed by atoms with Crippen molar-refractivity contribution in [3.63, 3.8) is 0 Å². The van der Waals surface area contributed by atoms with Crippen molar-refractivity contribution in [2.75, 3.05) is 0 Å². The summed E-state index contributed by atoms with van der Waals surface area (Å²) < 4.78 is 0. The van der Waals surface area contributed by atoms with E-state index in [9.17, 15) is 15.0 Å². The molecule has 4 nitrogen and oxygen atoms in total. The Morgan fingerprint density at radius 3 is 2.15 bits per heavy atom. The van der Waals surface area contributed by atoms with Crippen molar-refractivity contribution >= 4 is 5.91 Å². The fraction of sp³-hybridized carbons (Fsp3) is 0.438. The maximum absolute atomic E-state index is 11.7. The third-order valence-electron chi connectivity index (χ3n) is 3.60. The molecule has 108 valence electrons. The van der Waals surface area contributed by atoms with Crippen LogP contribution in [-0.4, -0.2) is 22.2 Å². The summed E-state index contributed by atoms with van der Waals surface area (Å²) in [5.41, 5.74) is 2.10. The van der Waals surface area contributed by atoms with E-state index < -0.39 is 18.1 Å². The summed E-state index contributed by atoms with van der Waals surface area (Å²) in [7, 11) is 0. The fourth-order valence-electron chi connectivity index (χ4n) is 2.37. The number of benzene rings is 1. The maximum Gasteiger partial charge on any atom is 0.254 e. The molecule has 20 heavy (non-hydrogen) atoms. The zero-order chi connectivity index (χ0) is 15.1. The zero-order valence-electron chi connectivity index (χ0n) is 12.3. The molecule has 0 radical (unpaired) electrons. The van der Waals surface area contributed by atoms with E-state index in [1.54, 1.807) is 0 Å². The SMILES string of the molecule is CC(O)C1=C(O)C(c2ccc(C(C)(C)C)cc2)NC1=O. The average Bonchev–Trinajstić information content (AvgIpc) is 2.64. The molecule has 1 amide bonds. The first-order valence-corrected chi connectivity index (χ1v) is 6.74. The molecule has 1 aromatic carbocycles. The van der Waals surface area contributed by atoms with Crippen molar-refractivity contribution in [2.24, 2.45) is 0 Å². The minimum absolute atomic E-state index is 0.0508. The lowest BCUT2D eigenvalue weighted by molar-refractivity contribution is -0.117. The predicted molar refractivity (Wildman–Crippen MR) is 77.4 cm³/mol. The van der Waals surface area contributed by atoms with Crippen LogP contribution in [0.4, 0.5) is 0 Å². The molecule has 1 aromatic rings. The van der Waals surface area contributed by atoms with Crippen molar-refractivity contribution in [3.05, 3.63) is 46.7 Å². The Morgan fingerprint density at radius 2 is 1.75 bits per heavy atom. The lowest BCUT2D eigenvalue weighted by Crippen LogP contribution is -2.24. The molecule has 0 spiro atoms. The van der Waals surface area contributed by atoms with Crippen LogP contribution in [0.3, 0.4) is 0 Å². The van der Waals surface area contributed by atoms with E-state index in [4.69, 9.17) is 0 Å². The van der Waals surface area contributed by atoms with Gasteiger partial charge in [-0.2, -0.15) is 0 Å². The molecule has 4 heteroatoms.